The van der Waals surface area contributed by atoms with Gasteiger partial charge in [0.25, 0.3) is 0 Å². The number of benzene rings is 1. The van der Waals surface area contributed by atoms with Gasteiger partial charge in [0.2, 0.25) is 0 Å². The molecule has 1 saturated carbocycles. The number of fused-ring (bicyclic) bond motifs is 1. The van der Waals surface area contributed by atoms with Gasteiger partial charge >= 0.3 is 0 Å². The van der Waals surface area contributed by atoms with E-state index in [9.17, 15) is 0 Å². The molecule has 0 bridgehead atoms. The molecule has 4 rings (SSSR count). The fraction of sp³-hybridized carbons (Fsp3) is 0.526. The Hall–Kier alpha value is -1.32. The van der Waals surface area contributed by atoms with Crippen LogP contribution in [0.3, 0.4) is 0 Å². The van der Waals surface area contributed by atoms with Crippen LogP contribution in [-0.2, 0) is 0 Å². The summed E-state index contributed by atoms with van der Waals surface area (Å²) in [6.07, 6.45) is 9.33. The summed E-state index contributed by atoms with van der Waals surface area (Å²) in [6, 6.07) is 6.41. The van der Waals surface area contributed by atoms with Crippen molar-refractivity contribution >= 4 is 23.2 Å². The molecule has 0 atom stereocenters. The maximum Gasteiger partial charge on any atom is 0.123 e. The van der Waals surface area contributed by atoms with Crippen LogP contribution >= 0.6 is 12.4 Å². The molecule has 2 aliphatic rings. The number of hydrogen-bond donors (Lipinski definition) is 0. The normalized spacial score (nSPS) is 19.5. The average Bonchev–Trinajstić information content (AvgIpc) is 3.34. The second-order valence-corrected chi connectivity index (χ2v) is 6.90. The van der Waals surface area contributed by atoms with E-state index in [1.165, 1.54) is 48.8 Å². The quantitative estimate of drug-likeness (QED) is 0.838. The van der Waals surface area contributed by atoms with Gasteiger partial charge in [0, 0.05) is 37.4 Å². The minimum absolute atomic E-state index is 0. The number of halogens is 1. The molecule has 1 saturated heterocycles. The number of likely N-dealkylation sites (tertiary alicyclic amines) is 1. The summed E-state index contributed by atoms with van der Waals surface area (Å²) in [5.74, 6) is 2.04. The van der Waals surface area contributed by atoms with Gasteiger partial charge in [-0.05, 0) is 67.7 Å². The first-order valence-electron chi connectivity index (χ1n) is 8.51. The molecule has 0 radical (unpaired) electrons. The van der Waals surface area contributed by atoms with Crippen molar-refractivity contribution in [1.82, 2.24) is 9.88 Å². The largest absolute Gasteiger partial charge is 0.490 e. The van der Waals surface area contributed by atoms with Crippen molar-refractivity contribution in [3.63, 3.8) is 0 Å². The fourth-order valence-corrected chi connectivity index (χ4v) is 3.41. The first kappa shape index (κ1) is 16.5. The molecule has 0 amide bonds. The first-order chi connectivity index (χ1) is 10.8. The summed E-state index contributed by atoms with van der Waals surface area (Å²) in [5.41, 5.74) is 1.21. The highest BCUT2D eigenvalue weighted by Gasteiger charge is 2.27. The standard InChI is InChI=1S/C19H24N2O.ClH/c1-14-10-17-12-20-7-4-16(17)11-19(14)22-18-5-8-21(9-6-18)13-15-2-3-15;/h4,7,10-12,15,18H,2-3,5-6,8-9,13H2,1H3;1H. The van der Waals surface area contributed by atoms with Gasteiger partial charge < -0.3 is 9.64 Å². The fourth-order valence-electron chi connectivity index (χ4n) is 3.41. The molecule has 0 N–H and O–H groups in total. The number of piperidine rings is 1. The van der Waals surface area contributed by atoms with Gasteiger partial charge in [0.1, 0.15) is 11.9 Å². The molecule has 1 aromatic carbocycles. The van der Waals surface area contributed by atoms with Crippen molar-refractivity contribution < 1.29 is 4.74 Å². The first-order valence-corrected chi connectivity index (χ1v) is 8.51. The Morgan fingerprint density at radius 1 is 1.13 bits per heavy atom. The zero-order valence-corrected chi connectivity index (χ0v) is 14.5. The monoisotopic (exact) mass is 332 g/mol. The number of ether oxygens (including phenoxy) is 1. The molecule has 2 aromatic rings. The van der Waals surface area contributed by atoms with Crippen LogP contribution in [0.1, 0.15) is 31.2 Å². The zero-order chi connectivity index (χ0) is 14.9. The number of hydrogen-bond acceptors (Lipinski definition) is 3. The summed E-state index contributed by atoms with van der Waals surface area (Å²) < 4.78 is 6.32. The maximum absolute atomic E-state index is 6.32. The van der Waals surface area contributed by atoms with E-state index in [4.69, 9.17) is 4.74 Å². The summed E-state index contributed by atoms with van der Waals surface area (Å²) in [6.45, 7) is 5.83. The lowest BCUT2D eigenvalue weighted by Gasteiger charge is -2.32. The molecule has 2 fully saturated rings. The van der Waals surface area contributed by atoms with E-state index < -0.39 is 0 Å². The Balaban J connectivity index is 0.00000156. The Bertz CT molecular complexity index is 663. The Kier molecular flexibility index (Phi) is 5.08. The molecule has 124 valence electrons. The second kappa shape index (κ2) is 7.06. The van der Waals surface area contributed by atoms with E-state index in [1.54, 1.807) is 0 Å². The lowest BCUT2D eigenvalue weighted by Crippen LogP contribution is -2.39. The van der Waals surface area contributed by atoms with Crippen molar-refractivity contribution in [2.45, 2.75) is 38.7 Å². The van der Waals surface area contributed by atoms with E-state index in [0.29, 0.717) is 6.10 Å². The highest BCUT2D eigenvalue weighted by Crippen LogP contribution is 2.31. The van der Waals surface area contributed by atoms with Gasteiger partial charge in [-0.2, -0.15) is 0 Å². The van der Waals surface area contributed by atoms with Crippen LogP contribution in [0.15, 0.2) is 30.6 Å². The Labute approximate surface area is 144 Å². The molecule has 0 spiro atoms. The van der Waals surface area contributed by atoms with Crippen LogP contribution in [0, 0.1) is 12.8 Å². The highest BCUT2D eigenvalue weighted by atomic mass is 35.5. The number of rotatable bonds is 4. The molecular formula is C19H25ClN2O. The molecule has 1 aliphatic heterocycles. The SMILES string of the molecule is Cc1cc2cnccc2cc1OC1CCN(CC2CC2)CC1.Cl. The zero-order valence-electron chi connectivity index (χ0n) is 13.7. The van der Waals surface area contributed by atoms with Crippen molar-refractivity contribution in [2.75, 3.05) is 19.6 Å². The lowest BCUT2D eigenvalue weighted by atomic mass is 10.1. The number of aromatic nitrogens is 1. The third-order valence-electron chi connectivity index (χ3n) is 4.98. The third-order valence-corrected chi connectivity index (χ3v) is 4.98. The van der Waals surface area contributed by atoms with Crippen LogP contribution < -0.4 is 4.74 Å². The predicted octanol–water partition coefficient (Wildman–Crippen LogP) is 4.22. The molecule has 0 unspecified atom stereocenters. The van der Waals surface area contributed by atoms with E-state index in [2.05, 4.69) is 35.0 Å². The molecule has 1 aromatic heterocycles. The van der Waals surface area contributed by atoms with Crippen molar-refractivity contribution in [1.29, 1.82) is 0 Å². The van der Waals surface area contributed by atoms with Crippen LogP contribution in [0.5, 0.6) is 5.75 Å². The van der Waals surface area contributed by atoms with E-state index in [1.807, 2.05) is 12.4 Å². The number of pyridine rings is 1. The number of nitrogens with zero attached hydrogens (tertiary/aromatic N) is 2. The summed E-state index contributed by atoms with van der Waals surface area (Å²) in [7, 11) is 0. The maximum atomic E-state index is 6.32. The molecule has 23 heavy (non-hydrogen) atoms. The summed E-state index contributed by atoms with van der Waals surface area (Å²) in [4.78, 5) is 6.81. The highest BCUT2D eigenvalue weighted by molar-refractivity contribution is 5.85. The number of aryl methyl sites for hydroxylation is 1. The van der Waals surface area contributed by atoms with Gasteiger partial charge in [-0.1, -0.05) is 0 Å². The lowest BCUT2D eigenvalue weighted by molar-refractivity contribution is 0.0976. The average molecular weight is 333 g/mol. The van der Waals surface area contributed by atoms with Gasteiger partial charge in [-0.15, -0.1) is 12.4 Å². The molecule has 2 heterocycles. The van der Waals surface area contributed by atoms with Crippen LogP contribution in [0.25, 0.3) is 10.8 Å². The smallest absolute Gasteiger partial charge is 0.123 e. The summed E-state index contributed by atoms with van der Waals surface area (Å²) in [5, 5.41) is 2.40. The van der Waals surface area contributed by atoms with Crippen molar-refractivity contribution in [3.05, 3.63) is 36.2 Å². The van der Waals surface area contributed by atoms with Crippen LogP contribution in [-0.4, -0.2) is 35.6 Å². The Morgan fingerprint density at radius 3 is 2.65 bits per heavy atom. The predicted molar refractivity (Wildman–Crippen MR) is 96.5 cm³/mol. The minimum Gasteiger partial charge on any atom is -0.490 e. The third kappa shape index (κ3) is 3.96. The van der Waals surface area contributed by atoms with Crippen LogP contribution in [0.4, 0.5) is 0 Å². The Morgan fingerprint density at radius 2 is 1.91 bits per heavy atom. The van der Waals surface area contributed by atoms with Crippen molar-refractivity contribution in [3.8, 4) is 5.75 Å². The summed E-state index contributed by atoms with van der Waals surface area (Å²) >= 11 is 0. The van der Waals surface area contributed by atoms with E-state index >= 15 is 0 Å². The van der Waals surface area contributed by atoms with Gasteiger partial charge in [-0.3, -0.25) is 4.98 Å². The van der Waals surface area contributed by atoms with Gasteiger partial charge in [0.05, 0.1) is 0 Å². The minimum atomic E-state index is 0. The molecule has 1 aliphatic carbocycles. The van der Waals surface area contributed by atoms with Crippen LogP contribution in [0.2, 0.25) is 0 Å². The van der Waals surface area contributed by atoms with Crippen molar-refractivity contribution in [2.24, 2.45) is 5.92 Å². The molecular weight excluding hydrogens is 308 g/mol. The van der Waals surface area contributed by atoms with Gasteiger partial charge in [-0.25, -0.2) is 0 Å². The van der Waals surface area contributed by atoms with E-state index in [-0.39, 0.29) is 12.4 Å². The van der Waals surface area contributed by atoms with E-state index in [0.717, 1.165) is 24.5 Å². The molecule has 3 nitrogen and oxygen atoms in total. The van der Waals surface area contributed by atoms with Gasteiger partial charge in [0.15, 0.2) is 0 Å². The second-order valence-electron chi connectivity index (χ2n) is 6.90. The topological polar surface area (TPSA) is 25.4 Å². The molecule has 4 heteroatoms.